The van der Waals surface area contributed by atoms with Crippen molar-refractivity contribution in [3.63, 3.8) is 0 Å². The fourth-order valence-electron chi connectivity index (χ4n) is 1.08. The van der Waals surface area contributed by atoms with Crippen molar-refractivity contribution in [1.82, 2.24) is 0 Å². The molecule has 86 valence electrons. The van der Waals surface area contributed by atoms with E-state index in [1.165, 1.54) is 0 Å². The van der Waals surface area contributed by atoms with Gasteiger partial charge in [0, 0.05) is 0 Å². The lowest BCUT2D eigenvalue weighted by Crippen LogP contribution is -2.40. The Morgan fingerprint density at radius 1 is 1.00 bits per heavy atom. The van der Waals surface area contributed by atoms with Crippen LogP contribution in [0.25, 0.3) is 0 Å². The van der Waals surface area contributed by atoms with Crippen LogP contribution in [0.5, 0.6) is 0 Å². The van der Waals surface area contributed by atoms with Gasteiger partial charge in [0.2, 0.25) is 0 Å². The third-order valence-electron chi connectivity index (χ3n) is 1.68. The normalized spacial score (nSPS) is 16.5. The van der Waals surface area contributed by atoms with Crippen molar-refractivity contribution < 1.29 is 8.85 Å². The lowest BCUT2D eigenvalue weighted by molar-refractivity contribution is 0.175. The van der Waals surface area contributed by atoms with Crippen LogP contribution in [0.4, 0.5) is 0 Å². The highest BCUT2D eigenvalue weighted by atomic mass is 28.4. The Morgan fingerprint density at radius 3 is 1.79 bits per heavy atom. The molecule has 0 aromatic heterocycles. The van der Waals surface area contributed by atoms with Gasteiger partial charge in [-0.15, -0.1) is 0 Å². The minimum absolute atomic E-state index is 0.111. The average Bonchev–Trinajstić information content (AvgIpc) is 1.94. The van der Waals surface area contributed by atoms with Gasteiger partial charge in [0.25, 0.3) is 0 Å². The fourth-order valence-corrected chi connectivity index (χ4v) is 5.59. The molecule has 0 N–H and O–H groups in total. The Hall–Kier alpha value is 0.571. The van der Waals surface area contributed by atoms with Crippen LogP contribution < -0.4 is 0 Å². The molecule has 0 saturated heterocycles. The van der Waals surface area contributed by atoms with Crippen molar-refractivity contribution in [3.8, 4) is 0 Å². The highest BCUT2D eigenvalue weighted by Gasteiger charge is 2.22. The van der Waals surface area contributed by atoms with Crippen molar-refractivity contribution in [2.45, 2.75) is 51.6 Å². The van der Waals surface area contributed by atoms with E-state index in [1.54, 1.807) is 0 Å². The molecule has 0 spiro atoms. The SMILES string of the molecule is C[SiH2]C(CO[Si](C)(C)C)O[Si](C)(C)C. The highest BCUT2D eigenvalue weighted by Crippen LogP contribution is 2.10. The van der Waals surface area contributed by atoms with Gasteiger partial charge in [-0.05, 0) is 39.3 Å². The number of hydrogen-bond donors (Lipinski definition) is 0. The molecule has 1 atom stereocenters. The third-order valence-corrected chi connectivity index (χ3v) is 5.40. The molecule has 0 rings (SSSR count). The molecule has 14 heavy (non-hydrogen) atoms. The van der Waals surface area contributed by atoms with E-state index < -0.39 is 16.6 Å². The largest absolute Gasteiger partial charge is 0.416 e. The Balaban J connectivity index is 3.93. The molecule has 1 unspecified atom stereocenters. The van der Waals surface area contributed by atoms with Gasteiger partial charge in [-0.3, -0.25) is 0 Å². The number of rotatable bonds is 6. The lowest BCUT2D eigenvalue weighted by atomic mass is 10.8. The first-order valence-electron chi connectivity index (χ1n) is 5.46. The molecule has 5 heteroatoms. The summed E-state index contributed by atoms with van der Waals surface area (Å²) in [4.78, 5) is 0. The molecular weight excluding hydrogens is 224 g/mol. The maximum atomic E-state index is 6.08. The van der Waals surface area contributed by atoms with Gasteiger partial charge in [0.15, 0.2) is 16.6 Å². The van der Waals surface area contributed by atoms with Gasteiger partial charge < -0.3 is 8.85 Å². The van der Waals surface area contributed by atoms with Gasteiger partial charge >= 0.3 is 0 Å². The molecule has 0 amide bonds. The summed E-state index contributed by atoms with van der Waals surface area (Å²) in [6.45, 7) is 16.6. The van der Waals surface area contributed by atoms with Crippen LogP contribution in [-0.2, 0) is 8.85 Å². The predicted octanol–water partition coefficient (Wildman–Crippen LogP) is 2.23. The summed E-state index contributed by atoms with van der Waals surface area (Å²) in [5, 5.41) is 0. The molecule has 0 aliphatic rings. The molecule has 2 nitrogen and oxygen atoms in total. The summed E-state index contributed by atoms with van der Waals surface area (Å²) in [7, 11) is -2.83. The second kappa shape index (κ2) is 5.60. The summed E-state index contributed by atoms with van der Waals surface area (Å²) < 4.78 is 12.0. The first-order valence-corrected chi connectivity index (χ1v) is 14.5. The molecule has 0 aliphatic carbocycles. The summed E-state index contributed by atoms with van der Waals surface area (Å²) in [5.41, 5.74) is 0.438. The van der Waals surface area contributed by atoms with E-state index in [2.05, 4.69) is 45.8 Å². The molecule has 0 aromatic carbocycles. The first-order chi connectivity index (χ1) is 6.14. The minimum atomic E-state index is -1.37. The topological polar surface area (TPSA) is 18.5 Å². The molecule has 0 aliphatic heterocycles. The summed E-state index contributed by atoms with van der Waals surface area (Å²) in [6, 6.07) is 0. The van der Waals surface area contributed by atoms with Crippen LogP contribution in [-0.4, -0.2) is 38.5 Å². The van der Waals surface area contributed by atoms with Crippen molar-refractivity contribution in [1.29, 1.82) is 0 Å². The van der Waals surface area contributed by atoms with Gasteiger partial charge in [-0.2, -0.15) is 0 Å². The van der Waals surface area contributed by atoms with E-state index in [1.807, 2.05) is 0 Å². The van der Waals surface area contributed by atoms with Crippen molar-refractivity contribution in [3.05, 3.63) is 0 Å². The van der Waals surface area contributed by atoms with Crippen LogP contribution >= 0.6 is 0 Å². The van der Waals surface area contributed by atoms with Gasteiger partial charge in [-0.25, -0.2) is 0 Å². The average molecular weight is 251 g/mol. The van der Waals surface area contributed by atoms with Crippen LogP contribution in [0.2, 0.25) is 45.8 Å². The summed E-state index contributed by atoms with van der Waals surface area (Å²) in [5.74, 6) is 0. The Kier molecular flexibility index (Phi) is 5.83. The highest BCUT2D eigenvalue weighted by molar-refractivity contribution is 6.70. The van der Waals surface area contributed by atoms with Gasteiger partial charge in [-0.1, -0.05) is 6.55 Å². The predicted molar refractivity (Wildman–Crippen MR) is 71.9 cm³/mol. The van der Waals surface area contributed by atoms with E-state index in [-0.39, 0.29) is 9.52 Å². The van der Waals surface area contributed by atoms with Gasteiger partial charge in [0.05, 0.1) is 21.9 Å². The Labute approximate surface area is 93.5 Å². The zero-order valence-electron chi connectivity index (χ0n) is 10.8. The number of hydrogen-bond acceptors (Lipinski definition) is 2. The second-order valence-corrected chi connectivity index (χ2v) is 16.4. The first kappa shape index (κ1) is 14.6. The van der Waals surface area contributed by atoms with E-state index in [9.17, 15) is 0 Å². The minimum Gasteiger partial charge on any atom is -0.416 e. The van der Waals surface area contributed by atoms with E-state index in [4.69, 9.17) is 8.85 Å². The molecule has 0 aromatic rings. The fraction of sp³-hybridized carbons (Fsp3) is 1.00. The standard InChI is InChI=1S/C9H26O2Si3/c1-12-9(11-14(5,6)7)8-10-13(2,3)4/h9H,8,12H2,1-7H3. The maximum Gasteiger partial charge on any atom is 0.183 e. The van der Waals surface area contributed by atoms with Gasteiger partial charge in [0.1, 0.15) is 0 Å². The molecule has 0 radical (unpaired) electrons. The van der Waals surface area contributed by atoms with Crippen LogP contribution in [0.3, 0.4) is 0 Å². The zero-order chi connectivity index (χ0) is 11.4. The lowest BCUT2D eigenvalue weighted by Gasteiger charge is -2.28. The molecular formula is C9H26O2Si3. The monoisotopic (exact) mass is 250 g/mol. The molecule has 0 bridgehead atoms. The molecule has 0 fully saturated rings. The van der Waals surface area contributed by atoms with Crippen LogP contribution in [0, 0.1) is 0 Å². The summed E-state index contributed by atoms with van der Waals surface area (Å²) in [6.07, 6.45) is 0. The van der Waals surface area contributed by atoms with Crippen molar-refractivity contribution in [2.75, 3.05) is 6.61 Å². The van der Waals surface area contributed by atoms with E-state index in [0.717, 1.165) is 6.61 Å². The Bertz CT molecular complexity index is 160. The Morgan fingerprint density at radius 2 is 1.50 bits per heavy atom. The molecule has 0 heterocycles. The quantitative estimate of drug-likeness (QED) is 0.673. The van der Waals surface area contributed by atoms with Crippen LogP contribution in [0.1, 0.15) is 0 Å². The third kappa shape index (κ3) is 9.14. The molecule has 0 saturated carbocycles. The van der Waals surface area contributed by atoms with E-state index >= 15 is 0 Å². The maximum absolute atomic E-state index is 6.08. The van der Waals surface area contributed by atoms with Crippen molar-refractivity contribution >= 4 is 26.2 Å². The zero-order valence-corrected chi connectivity index (χ0v) is 14.2. The summed E-state index contributed by atoms with van der Waals surface area (Å²) >= 11 is 0. The smallest absolute Gasteiger partial charge is 0.183 e. The second-order valence-electron chi connectivity index (χ2n) is 5.68. The van der Waals surface area contributed by atoms with Crippen molar-refractivity contribution in [2.24, 2.45) is 0 Å². The van der Waals surface area contributed by atoms with E-state index in [0.29, 0.717) is 5.73 Å². The van der Waals surface area contributed by atoms with Crippen LogP contribution in [0.15, 0.2) is 0 Å².